The van der Waals surface area contributed by atoms with Gasteiger partial charge in [-0.25, -0.2) is 0 Å². The van der Waals surface area contributed by atoms with Crippen LogP contribution in [-0.2, 0) is 5.41 Å². The molecule has 0 radical (unpaired) electrons. The van der Waals surface area contributed by atoms with Gasteiger partial charge < -0.3 is 0 Å². The average Bonchev–Trinajstić information content (AvgIpc) is 3.57. The normalized spacial score (nSPS) is 13.0. The Morgan fingerprint density at radius 1 is 0.238 bits per heavy atom. The molecule has 12 aromatic carbocycles. The first-order valence-electron chi connectivity index (χ1n) is 22.2. The Labute approximate surface area is 367 Å². The summed E-state index contributed by atoms with van der Waals surface area (Å²) in [4.78, 5) is 0. The molecule has 294 valence electrons. The lowest BCUT2D eigenvalue weighted by Crippen LogP contribution is -2.14. The molecule has 12 aromatic rings. The maximum atomic E-state index is 2.50. The molecule has 0 heterocycles. The highest BCUT2D eigenvalue weighted by atomic mass is 14.4. The van der Waals surface area contributed by atoms with Crippen molar-refractivity contribution in [3.05, 3.63) is 230 Å². The van der Waals surface area contributed by atoms with E-state index in [2.05, 4.69) is 232 Å². The standard InChI is InChI=1S/C63H42/c1-63(2)59-28-12-11-22-50(59)58-37-56-48-21-6-5-20-47(48)55-36-42(33-34-49(55)57(56)38-60(58)63)39-29-31-41(32-30-39)61-51-23-7-9-25-53(51)62(54-26-10-8-24-52(54)61)44-18-13-17-43(35-44)46-27-14-16-40-15-3-4-19-45(40)46/h3-38H,1-2H3. The molecular formula is C63H42. The van der Waals surface area contributed by atoms with Crippen molar-refractivity contribution in [1.29, 1.82) is 0 Å². The molecule has 63 heavy (non-hydrogen) atoms. The quantitative estimate of drug-likeness (QED) is 0.123. The predicted molar refractivity (Wildman–Crippen MR) is 271 cm³/mol. The summed E-state index contributed by atoms with van der Waals surface area (Å²) in [6.07, 6.45) is 0. The van der Waals surface area contributed by atoms with Crippen LogP contribution in [-0.4, -0.2) is 0 Å². The van der Waals surface area contributed by atoms with Crippen molar-refractivity contribution in [3.8, 4) is 55.6 Å². The van der Waals surface area contributed by atoms with Crippen LogP contribution in [0, 0.1) is 0 Å². The Morgan fingerprint density at radius 2 is 0.714 bits per heavy atom. The maximum absolute atomic E-state index is 2.50. The first-order valence-corrected chi connectivity index (χ1v) is 22.2. The van der Waals surface area contributed by atoms with Crippen molar-refractivity contribution in [1.82, 2.24) is 0 Å². The van der Waals surface area contributed by atoms with E-state index < -0.39 is 0 Å². The molecule has 0 saturated carbocycles. The molecule has 0 unspecified atom stereocenters. The zero-order valence-corrected chi connectivity index (χ0v) is 35.3. The highest BCUT2D eigenvalue weighted by Crippen LogP contribution is 2.52. The Balaban J connectivity index is 0.940. The van der Waals surface area contributed by atoms with Gasteiger partial charge in [0.25, 0.3) is 0 Å². The second-order valence-corrected chi connectivity index (χ2v) is 17.9. The molecule has 0 heteroatoms. The summed E-state index contributed by atoms with van der Waals surface area (Å²) in [6.45, 7) is 4.75. The highest BCUT2D eigenvalue weighted by molar-refractivity contribution is 6.27. The van der Waals surface area contributed by atoms with Gasteiger partial charge in [-0.05, 0) is 156 Å². The lowest BCUT2D eigenvalue weighted by Gasteiger charge is -2.22. The number of fused-ring (bicyclic) bond motifs is 12. The van der Waals surface area contributed by atoms with Crippen LogP contribution < -0.4 is 0 Å². The van der Waals surface area contributed by atoms with Gasteiger partial charge in [-0.3, -0.25) is 0 Å². The van der Waals surface area contributed by atoms with Crippen molar-refractivity contribution in [3.63, 3.8) is 0 Å². The fourth-order valence-electron chi connectivity index (χ4n) is 11.2. The molecule has 1 aliphatic rings. The van der Waals surface area contributed by atoms with Crippen molar-refractivity contribution in [2.75, 3.05) is 0 Å². The highest BCUT2D eigenvalue weighted by Gasteiger charge is 2.35. The van der Waals surface area contributed by atoms with Gasteiger partial charge in [-0.2, -0.15) is 0 Å². The van der Waals surface area contributed by atoms with E-state index in [0.29, 0.717) is 0 Å². The molecule has 0 saturated heterocycles. The Kier molecular flexibility index (Phi) is 7.75. The minimum atomic E-state index is -0.0556. The first-order chi connectivity index (χ1) is 31.0. The number of hydrogen-bond acceptors (Lipinski definition) is 0. The fourth-order valence-corrected chi connectivity index (χ4v) is 11.2. The molecular weight excluding hydrogens is 757 g/mol. The third-order valence-electron chi connectivity index (χ3n) is 14.2. The third kappa shape index (κ3) is 5.35. The van der Waals surface area contributed by atoms with Crippen LogP contribution >= 0.6 is 0 Å². The van der Waals surface area contributed by atoms with E-state index in [1.54, 1.807) is 0 Å². The van der Waals surface area contributed by atoms with Crippen molar-refractivity contribution >= 4 is 64.6 Å². The lowest BCUT2D eigenvalue weighted by molar-refractivity contribution is 0.661. The average molecular weight is 799 g/mol. The Morgan fingerprint density at radius 3 is 1.43 bits per heavy atom. The first kappa shape index (κ1) is 35.9. The molecule has 0 fully saturated rings. The van der Waals surface area contributed by atoms with Crippen LogP contribution in [0.4, 0.5) is 0 Å². The van der Waals surface area contributed by atoms with Crippen LogP contribution in [0.3, 0.4) is 0 Å². The molecule has 0 N–H and O–H groups in total. The van der Waals surface area contributed by atoms with Crippen LogP contribution in [0.2, 0.25) is 0 Å². The molecule has 0 aliphatic heterocycles. The summed E-state index contributed by atoms with van der Waals surface area (Å²) in [6, 6.07) is 81.7. The van der Waals surface area contributed by atoms with Gasteiger partial charge in [-0.1, -0.05) is 208 Å². The summed E-state index contributed by atoms with van der Waals surface area (Å²) < 4.78 is 0. The van der Waals surface area contributed by atoms with E-state index >= 15 is 0 Å². The lowest BCUT2D eigenvalue weighted by atomic mass is 9.81. The maximum Gasteiger partial charge on any atom is 0.0159 e. The van der Waals surface area contributed by atoms with Gasteiger partial charge in [0.1, 0.15) is 0 Å². The topological polar surface area (TPSA) is 0 Å². The Bertz CT molecular complexity index is 3800. The minimum Gasteiger partial charge on any atom is -0.0619 e. The number of benzene rings is 12. The van der Waals surface area contributed by atoms with E-state index in [-0.39, 0.29) is 5.41 Å². The summed E-state index contributed by atoms with van der Waals surface area (Å²) >= 11 is 0. The molecule has 0 aromatic heterocycles. The summed E-state index contributed by atoms with van der Waals surface area (Å²) in [5.41, 5.74) is 15.4. The van der Waals surface area contributed by atoms with Crippen molar-refractivity contribution < 1.29 is 0 Å². The van der Waals surface area contributed by atoms with Crippen LogP contribution in [0.15, 0.2) is 218 Å². The van der Waals surface area contributed by atoms with Gasteiger partial charge in [-0.15, -0.1) is 0 Å². The number of rotatable bonds is 4. The SMILES string of the molecule is CC1(C)c2ccccc2-c2cc3c4ccccc4c4cc(-c5ccc(-c6c7ccccc7c(-c7cccc(-c8cccc9ccccc89)c7)c7ccccc67)cc5)ccc4c3cc21. The van der Waals surface area contributed by atoms with Crippen molar-refractivity contribution in [2.45, 2.75) is 19.3 Å². The molecule has 0 spiro atoms. The second kappa shape index (κ2) is 13.6. The summed E-state index contributed by atoms with van der Waals surface area (Å²) in [7, 11) is 0. The van der Waals surface area contributed by atoms with Gasteiger partial charge in [0.15, 0.2) is 0 Å². The zero-order valence-electron chi connectivity index (χ0n) is 35.3. The van der Waals surface area contributed by atoms with E-state index in [0.717, 1.165) is 0 Å². The predicted octanol–water partition coefficient (Wildman–Crippen LogP) is 17.6. The van der Waals surface area contributed by atoms with Crippen molar-refractivity contribution in [2.24, 2.45) is 0 Å². The molecule has 0 bridgehead atoms. The molecule has 0 amide bonds. The minimum absolute atomic E-state index is 0.0556. The largest absolute Gasteiger partial charge is 0.0619 e. The smallest absolute Gasteiger partial charge is 0.0159 e. The molecule has 1 aliphatic carbocycles. The van der Waals surface area contributed by atoms with Gasteiger partial charge in [0, 0.05) is 5.41 Å². The summed E-state index contributed by atoms with van der Waals surface area (Å²) in [5, 5.41) is 15.4. The van der Waals surface area contributed by atoms with Gasteiger partial charge >= 0.3 is 0 Å². The molecule has 0 atom stereocenters. The third-order valence-corrected chi connectivity index (χ3v) is 14.2. The zero-order chi connectivity index (χ0) is 41.8. The summed E-state index contributed by atoms with van der Waals surface area (Å²) in [5.74, 6) is 0. The molecule has 0 nitrogen and oxygen atoms in total. The Hall–Kier alpha value is -7.80. The van der Waals surface area contributed by atoms with E-state index in [9.17, 15) is 0 Å². The van der Waals surface area contributed by atoms with E-state index in [4.69, 9.17) is 0 Å². The molecule has 13 rings (SSSR count). The monoisotopic (exact) mass is 798 g/mol. The van der Waals surface area contributed by atoms with Gasteiger partial charge in [0.05, 0.1) is 0 Å². The second-order valence-electron chi connectivity index (χ2n) is 17.9. The number of hydrogen-bond donors (Lipinski definition) is 0. The van der Waals surface area contributed by atoms with Crippen LogP contribution in [0.1, 0.15) is 25.0 Å². The van der Waals surface area contributed by atoms with Crippen LogP contribution in [0.25, 0.3) is 120 Å². The van der Waals surface area contributed by atoms with E-state index in [1.807, 2.05) is 0 Å². The fraction of sp³-hybridized carbons (Fsp3) is 0.0476. The van der Waals surface area contributed by atoms with E-state index in [1.165, 1.54) is 131 Å². The van der Waals surface area contributed by atoms with Gasteiger partial charge in [0.2, 0.25) is 0 Å². The van der Waals surface area contributed by atoms with Crippen LogP contribution in [0.5, 0.6) is 0 Å².